The Morgan fingerprint density at radius 1 is 1.36 bits per heavy atom. The van der Waals surface area contributed by atoms with E-state index in [0.717, 1.165) is 18.3 Å². The Kier molecular flexibility index (Phi) is 6.30. The molecule has 0 aromatic rings. The minimum atomic E-state index is 0.740. The second-order valence-electron chi connectivity index (χ2n) is 1.85. The summed E-state index contributed by atoms with van der Waals surface area (Å²) in [6.45, 7) is 4.00. The van der Waals surface area contributed by atoms with Gasteiger partial charge in [-0.1, -0.05) is 44.2 Å². The van der Waals surface area contributed by atoms with Gasteiger partial charge in [-0.15, -0.1) is 0 Å². The number of carbonyl (C=O) groups excluding carboxylic acids is 1. The minimum Gasteiger partial charge on any atom is -0.298 e. The Morgan fingerprint density at radius 2 is 2.09 bits per heavy atom. The van der Waals surface area contributed by atoms with Crippen LogP contribution >= 0.6 is 0 Å². The lowest BCUT2D eigenvalue weighted by Gasteiger charge is -1.80. The minimum absolute atomic E-state index is 0.740. The maximum Gasteiger partial charge on any atom is 0.150 e. The smallest absolute Gasteiger partial charge is 0.150 e. The number of hydrogen-bond donors (Lipinski definition) is 0. The lowest BCUT2D eigenvalue weighted by atomic mass is 10.3. The molecule has 1 nitrogen and oxygen atoms in total. The molecule has 0 radical (unpaired) electrons. The fourth-order valence-corrected chi connectivity index (χ4v) is 0.675. The van der Waals surface area contributed by atoms with Gasteiger partial charge in [0.1, 0.15) is 6.29 Å². The molecule has 1 heteroatoms. The molecule has 1 aliphatic rings. The molecular weight excluding hydrogens is 136 g/mol. The molecule has 0 atom stereocenters. The summed E-state index contributed by atoms with van der Waals surface area (Å²) in [5.41, 5.74) is 0.740. The van der Waals surface area contributed by atoms with Crippen molar-refractivity contribution in [3.8, 4) is 0 Å². The second kappa shape index (κ2) is 7.00. The summed E-state index contributed by atoms with van der Waals surface area (Å²) in [6.07, 6.45) is 11.3. The topological polar surface area (TPSA) is 17.1 Å². The Morgan fingerprint density at radius 3 is 2.73 bits per heavy atom. The van der Waals surface area contributed by atoms with Crippen LogP contribution in [0.5, 0.6) is 0 Å². The third-order valence-electron chi connectivity index (χ3n) is 1.14. The van der Waals surface area contributed by atoms with Crippen molar-refractivity contribution in [3.63, 3.8) is 0 Å². The van der Waals surface area contributed by atoms with Crippen LogP contribution in [0.4, 0.5) is 0 Å². The van der Waals surface area contributed by atoms with E-state index in [-0.39, 0.29) is 0 Å². The average Bonchev–Trinajstić information content (AvgIpc) is 2.35. The maximum atomic E-state index is 10.2. The van der Waals surface area contributed by atoms with Crippen LogP contribution < -0.4 is 0 Å². The van der Waals surface area contributed by atoms with Gasteiger partial charge in [0.05, 0.1) is 0 Å². The number of allylic oxidation sites excluding steroid dienone is 6. The molecule has 0 N–H and O–H groups in total. The highest BCUT2D eigenvalue weighted by Gasteiger charge is 1.86. The van der Waals surface area contributed by atoms with E-state index in [0.29, 0.717) is 0 Å². The van der Waals surface area contributed by atoms with Crippen LogP contribution in [0.1, 0.15) is 20.3 Å². The first-order chi connectivity index (χ1) is 5.43. The highest BCUT2D eigenvalue weighted by atomic mass is 16.1. The first kappa shape index (κ1) is 9.89. The molecule has 0 aromatic heterocycles. The first-order valence-corrected chi connectivity index (χ1v) is 3.92. The van der Waals surface area contributed by atoms with E-state index in [1.165, 1.54) is 0 Å². The summed E-state index contributed by atoms with van der Waals surface area (Å²) in [6, 6.07) is 0. The highest BCUT2D eigenvalue weighted by Crippen LogP contribution is 2.00. The standard InChI is InChI=1S/C8H8O.C2H6/c9-7-8-5-3-1-2-4-6-8;1-2/h1,3-7H,2H2;1-2H3. The van der Waals surface area contributed by atoms with Gasteiger partial charge in [0, 0.05) is 5.57 Å². The zero-order chi connectivity index (χ0) is 8.53. The van der Waals surface area contributed by atoms with E-state index in [4.69, 9.17) is 0 Å². The molecule has 60 valence electrons. The average molecular weight is 150 g/mol. The van der Waals surface area contributed by atoms with Crippen LogP contribution in [-0.4, -0.2) is 6.29 Å². The molecule has 0 aromatic carbocycles. The van der Waals surface area contributed by atoms with Gasteiger partial charge in [-0.3, -0.25) is 4.79 Å². The lowest BCUT2D eigenvalue weighted by Crippen LogP contribution is -1.74. The molecule has 0 bridgehead atoms. The maximum absolute atomic E-state index is 10.2. The van der Waals surface area contributed by atoms with Crippen LogP contribution in [0, 0.1) is 0 Å². The summed E-state index contributed by atoms with van der Waals surface area (Å²) < 4.78 is 0. The largest absolute Gasteiger partial charge is 0.298 e. The SMILES string of the molecule is CC.O=CC1=CC=CCC=C1. The Hall–Kier alpha value is -1.11. The predicted molar refractivity (Wildman–Crippen MR) is 48.4 cm³/mol. The predicted octanol–water partition coefficient (Wildman–Crippen LogP) is 2.65. The third-order valence-corrected chi connectivity index (χ3v) is 1.14. The monoisotopic (exact) mass is 150 g/mol. The summed E-state index contributed by atoms with van der Waals surface area (Å²) in [7, 11) is 0. The lowest BCUT2D eigenvalue weighted by molar-refractivity contribution is -0.104. The summed E-state index contributed by atoms with van der Waals surface area (Å²) in [5, 5.41) is 0. The molecule has 0 fully saturated rings. The van der Waals surface area contributed by atoms with E-state index in [9.17, 15) is 4.79 Å². The Balaban J connectivity index is 0.000000461. The van der Waals surface area contributed by atoms with E-state index >= 15 is 0 Å². The van der Waals surface area contributed by atoms with Gasteiger partial charge in [0.15, 0.2) is 0 Å². The zero-order valence-electron chi connectivity index (χ0n) is 7.08. The molecule has 0 heterocycles. The van der Waals surface area contributed by atoms with E-state index < -0.39 is 0 Å². The van der Waals surface area contributed by atoms with Crippen molar-refractivity contribution in [2.24, 2.45) is 0 Å². The van der Waals surface area contributed by atoms with Gasteiger partial charge in [-0.2, -0.15) is 0 Å². The van der Waals surface area contributed by atoms with E-state index in [2.05, 4.69) is 0 Å². The molecule has 0 amide bonds. The Labute approximate surface area is 68.1 Å². The molecule has 0 unspecified atom stereocenters. The first-order valence-electron chi connectivity index (χ1n) is 3.92. The molecule has 0 spiro atoms. The van der Waals surface area contributed by atoms with Crippen LogP contribution in [0.3, 0.4) is 0 Å². The third kappa shape index (κ3) is 4.31. The van der Waals surface area contributed by atoms with Gasteiger partial charge in [0.25, 0.3) is 0 Å². The molecule has 0 saturated heterocycles. The van der Waals surface area contributed by atoms with Gasteiger partial charge in [-0.05, 0) is 6.42 Å². The summed E-state index contributed by atoms with van der Waals surface area (Å²) in [4.78, 5) is 10.2. The van der Waals surface area contributed by atoms with Crippen LogP contribution in [0.15, 0.2) is 36.0 Å². The highest BCUT2D eigenvalue weighted by molar-refractivity contribution is 5.78. The van der Waals surface area contributed by atoms with Crippen molar-refractivity contribution < 1.29 is 4.79 Å². The molecule has 11 heavy (non-hydrogen) atoms. The van der Waals surface area contributed by atoms with Crippen molar-refractivity contribution in [1.82, 2.24) is 0 Å². The number of hydrogen-bond acceptors (Lipinski definition) is 1. The summed E-state index contributed by atoms with van der Waals surface area (Å²) in [5.74, 6) is 0. The molecule has 1 aliphatic carbocycles. The zero-order valence-corrected chi connectivity index (χ0v) is 7.08. The molecular formula is C10H14O. The van der Waals surface area contributed by atoms with E-state index in [1.807, 2.05) is 38.2 Å². The van der Waals surface area contributed by atoms with Gasteiger partial charge in [0.2, 0.25) is 0 Å². The fraction of sp³-hybridized carbons (Fsp3) is 0.300. The van der Waals surface area contributed by atoms with Gasteiger partial charge >= 0.3 is 0 Å². The van der Waals surface area contributed by atoms with Crippen molar-refractivity contribution in [2.45, 2.75) is 20.3 Å². The summed E-state index contributed by atoms with van der Waals surface area (Å²) >= 11 is 0. The van der Waals surface area contributed by atoms with Crippen molar-refractivity contribution in [2.75, 3.05) is 0 Å². The van der Waals surface area contributed by atoms with Crippen molar-refractivity contribution in [1.29, 1.82) is 0 Å². The fourth-order valence-electron chi connectivity index (χ4n) is 0.675. The van der Waals surface area contributed by atoms with Crippen LogP contribution in [0.25, 0.3) is 0 Å². The number of carbonyl (C=O) groups is 1. The molecule has 0 saturated carbocycles. The van der Waals surface area contributed by atoms with E-state index in [1.54, 1.807) is 6.08 Å². The van der Waals surface area contributed by atoms with Crippen LogP contribution in [0.2, 0.25) is 0 Å². The molecule has 1 rings (SSSR count). The Bertz CT molecular complexity index is 185. The second-order valence-corrected chi connectivity index (χ2v) is 1.85. The number of rotatable bonds is 1. The number of aldehydes is 1. The van der Waals surface area contributed by atoms with Gasteiger partial charge in [-0.25, -0.2) is 0 Å². The van der Waals surface area contributed by atoms with Crippen LogP contribution in [-0.2, 0) is 4.79 Å². The normalized spacial score (nSPS) is 14.2. The quantitative estimate of drug-likeness (QED) is 0.525. The van der Waals surface area contributed by atoms with Crippen molar-refractivity contribution in [3.05, 3.63) is 36.0 Å². The van der Waals surface area contributed by atoms with Gasteiger partial charge < -0.3 is 0 Å². The molecule has 0 aliphatic heterocycles. The van der Waals surface area contributed by atoms with Crippen molar-refractivity contribution >= 4 is 6.29 Å².